The van der Waals surface area contributed by atoms with Crippen molar-refractivity contribution in [3.63, 3.8) is 0 Å². The van der Waals surface area contributed by atoms with Crippen molar-refractivity contribution in [3.05, 3.63) is 71.2 Å². The lowest BCUT2D eigenvalue weighted by Crippen LogP contribution is -2.22. The number of halogens is 1. The molecule has 0 unspecified atom stereocenters. The van der Waals surface area contributed by atoms with Gasteiger partial charge in [-0.3, -0.25) is 10.1 Å². The van der Waals surface area contributed by atoms with Gasteiger partial charge in [-0.05, 0) is 29.8 Å². The van der Waals surface area contributed by atoms with E-state index >= 15 is 0 Å². The van der Waals surface area contributed by atoms with Crippen LogP contribution in [0.4, 0.5) is 9.18 Å². The van der Waals surface area contributed by atoms with Gasteiger partial charge in [-0.2, -0.15) is 0 Å². The molecule has 6 heteroatoms. The molecule has 2 aromatic rings. The number of hydrogen-bond donors (Lipinski definition) is 2. The molecule has 0 atom stereocenters. The van der Waals surface area contributed by atoms with Gasteiger partial charge in [-0.1, -0.05) is 30.3 Å². The Hall–Kier alpha value is -3.15. The van der Waals surface area contributed by atoms with Gasteiger partial charge in [0.05, 0.1) is 0 Å². The summed E-state index contributed by atoms with van der Waals surface area (Å²) < 4.78 is 19.0. The lowest BCUT2D eigenvalue weighted by atomic mass is 10.2. The minimum atomic E-state index is -0.536. The predicted molar refractivity (Wildman–Crippen MR) is 81.8 cm³/mol. The fraction of sp³-hybridized carbons (Fsp3) is 0.0588. The summed E-state index contributed by atoms with van der Waals surface area (Å²) in [6.07, 6.45) is 1.56. The Balaban J connectivity index is 1.66. The quantitative estimate of drug-likeness (QED) is 0.673. The molecule has 2 N–H and O–H groups in total. The number of carbonyl (C=O) groups is 2. The van der Waals surface area contributed by atoms with Crippen LogP contribution in [0.25, 0.3) is 6.08 Å². The van der Waals surface area contributed by atoms with Gasteiger partial charge in [0.2, 0.25) is 0 Å². The summed E-state index contributed by atoms with van der Waals surface area (Å²) >= 11 is 0. The Bertz CT molecular complexity index is 785. The van der Waals surface area contributed by atoms with Crippen LogP contribution in [-0.2, 0) is 11.4 Å². The summed E-state index contributed by atoms with van der Waals surface area (Å²) in [7, 11) is 0. The van der Waals surface area contributed by atoms with Crippen LogP contribution < -0.4 is 15.4 Å². The van der Waals surface area contributed by atoms with E-state index in [-0.39, 0.29) is 18.1 Å². The van der Waals surface area contributed by atoms with Crippen molar-refractivity contribution in [2.75, 3.05) is 0 Å². The van der Waals surface area contributed by atoms with Gasteiger partial charge in [-0.25, -0.2) is 9.18 Å². The molecule has 23 heavy (non-hydrogen) atoms. The number of carbonyl (C=O) groups excluding carboxylic acids is 2. The molecule has 5 nitrogen and oxygen atoms in total. The van der Waals surface area contributed by atoms with Crippen molar-refractivity contribution < 1.29 is 18.7 Å². The van der Waals surface area contributed by atoms with Gasteiger partial charge in [0, 0.05) is 5.56 Å². The first-order valence-electron chi connectivity index (χ1n) is 6.92. The van der Waals surface area contributed by atoms with Crippen molar-refractivity contribution in [2.24, 2.45) is 0 Å². The predicted octanol–water partition coefficient (Wildman–Crippen LogP) is 2.58. The van der Waals surface area contributed by atoms with E-state index in [0.29, 0.717) is 11.3 Å². The van der Waals surface area contributed by atoms with Crippen LogP contribution in [0.3, 0.4) is 0 Å². The van der Waals surface area contributed by atoms with Crippen LogP contribution in [0.2, 0.25) is 0 Å². The summed E-state index contributed by atoms with van der Waals surface area (Å²) in [4.78, 5) is 22.4. The SMILES string of the molecule is O=C1NC(=O)/C(=C\c2ccc(OCc3ccccc3F)cc2)N1. The van der Waals surface area contributed by atoms with E-state index in [4.69, 9.17) is 4.74 Å². The topological polar surface area (TPSA) is 67.4 Å². The van der Waals surface area contributed by atoms with E-state index in [9.17, 15) is 14.0 Å². The third-order valence-electron chi connectivity index (χ3n) is 3.26. The van der Waals surface area contributed by atoms with E-state index in [1.165, 1.54) is 6.07 Å². The fourth-order valence-corrected chi connectivity index (χ4v) is 2.09. The Morgan fingerprint density at radius 3 is 2.39 bits per heavy atom. The van der Waals surface area contributed by atoms with Crippen molar-refractivity contribution in [3.8, 4) is 5.75 Å². The summed E-state index contributed by atoms with van der Waals surface area (Å²) in [5.41, 5.74) is 1.40. The maximum Gasteiger partial charge on any atom is 0.326 e. The summed E-state index contributed by atoms with van der Waals surface area (Å²) in [6.45, 7) is 0.131. The number of amides is 3. The smallest absolute Gasteiger partial charge is 0.326 e. The van der Waals surface area contributed by atoms with Crippen molar-refractivity contribution in [2.45, 2.75) is 6.61 Å². The number of nitrogens with one attached hydrogen (secondary N) is 2. The first kappa shape index (κ1) is 14.8. The molecule has 0 radical (unpaired) electrons. The van der Waals surface area contributed by atoms with Crippen LogP contribution in [0, 0.1) is 5.82 Å². The second-order valence-electron chi connectivity index (χ2n) is 4.92. The number of imide groups is 1. The van der Waals surface area contributed by atoms with E-state index < -0.39 is 11.9 Å². The molecule has 1 aliphatic rings. The Labute approximate surface area is 131 Å². The molecule has 3 rings (SSSR count). The van der Waals surface area contributed by atoms with Gasteiger partial charge in [0.15, 0.2) is 0 Å². The van der Waals surface area contributed by atoms with Crippen LogP contribution >= 0.6 is 0 Å². The third kappa shape index (κ3) is 3.55. The molecule has 1 saturated heterocycles. The zero-order valence-electron chi connectivity index (χ0n) is 12.0. The second-order valence-corrected chi connectivity index (χ2v) is 4.92. The van der Waals surface area contributed by atoms with Crippen LogP contribution in [-0.4, -0.2) is 11.9 Å². The van der Waals surface area contributed by atoms with Crippen LogP contribution in [0.5, 0.6) is 5.75 Å². The highest BCUT2D eigenvalue weighted by molar-refractivity contribution is 6.13. The molecule has 0 saturated carbocycles. The molecular weight excluding hydrogens is 299 g/mol. The van der Waals surface area contributed by atoms with Gasteiger partial charge in [-0.15, -0.1) is 0 Å². The minimum Gasteiger partial charge on any atom is -0.489 e. The monoisotopic (exact) mass is 312 g/mol. The van der Waals surface area contributed by atoms with E-state index in [2.05, 4.69) is 10.6 Å². The number of urea groups is 1. The zero-order valence-corrected chi connectivity index (χ0v) is 12.0. The molecule has 1 fully saturated rings. The standard InChI is InChI=1S/C17H13FN2O3/c18-14-4-2-1-3-12(14)10-23-13-7-5-11(6-8-13)9-15-16(21)20-17(22)19-15/h1-9H,10H2,(H2,19,20,21,22)/b15-9+. The first-order chi connectivity index (χ1) is 11.1. The van der Waals surface area contributed by atoms with Gasteiger partial charge in [0.1, 0.15) is 23.9 Å². The van der Waals surface area contributed by atoms with Crippen LogP contribution in [0.1, 0.15) is 11.1 Å². The largest absolute Gasteiger partial charge is 0.489 e. The Morgan fingerprint density at radius 1 is 1.00 bits per heavy atom. The second kappa shape index (κ2) is 6.31. The first-order valence-corrected chi connectivity index (χ1v) is 6.92. The third-order valence-corrected chi connectivity index (χ3v) is 3.26. The minimum absolute atomic E-state index is 0.131. The summed E-state index contributed by atoms with van der Waals surface area (Å²) in [5, 5.41) is 4.53. The summed E-state index contributed by atoms with van der Waals surface area (Å²) in [6, 6.07) is 12.8. The summed E-state index contributed by atoms with van der Waals surface area (Å²) in [5.74, 6) is -0.193. The highest BCUT2D eigenvalue weighted by Gasteiger charge is 2.22. The van der Waals surface area contributed by atoms with E-state index in [1.807, 2.05) is 0 Å². The van der Waals surface area contributed by atoms with Gasteiger partial charge in [0.25, 0.3) is 5.91 Å². The Morgan fingerprint density at radius 2 is 1.74 bits per heavy atom. The number of hydrogen-bond acceptors (Lipinski definition) is 3. The highest BCUT2D eigenvalue weighted by atomic mass is 19.1. The van der Waals surface area contributed by atoms with Gasteiger partial charge >= 0.3 is 6.03 Å². The van der Waals surface area contributed by atoms with Crippen molar-refractivity contribution in [1.82, 2.24) is 10.6 Å². The molecule has 1 aliphatic heterocycles. The molecule has 1 heterocycles. The molecule has 0 bridgehead atoms. The lowest BCUT2D eigenvalue weighted by Gasteiger charge is -2.07. The maximum atomic E-state index is 13.5. The molecule has 3 amide bonds. The molecule has 116 valence electrons. The van der Waals surface area contributed by atoms with Gasteiger partial charge < -0.3 is 10.1 Å². The van der Waals surface area contributed by atoms with Crippen LogP contribution in [0.15, 0.2) is 54.2 Å². The van der Waals surface area contributed by atoms with E-state index in [1.54, 1.807) is 48.5 Å². The molecule has 0 spiro atoms. The van der Waals surface area contributed by atoms with E-state index in [0.717, 1.165) is 5.56 Å². The normalized spacial score (nSPS) is 15.4. The number of rotatable bonds is 4. The molecule has 0 aliphatic carbocycles. The zero-order chi connectivity index (χ0) is 16.2. The highest BCUT2D eigenvalue weighted by Crippen LogP contribution is 2.17. The lowest BCUT2D eigenvalue weighted by molar-refractivity contribution is -0.115. The molecule has 0 aromatic heterocycles. The van der Waals surface area contributed by atoms with Crippen molar-refractivity contribution in [1.29, 1.82) is 0 Å². The Kier molecular flexibility index (Phi) is 4.05. The average molecular weight is 312 g/mol. The van der Waals surface area contributed by atoms with Crippen molar-refractivity contribution >= 4 is 18.0 Å². The molecular formula is C17H13FN2O3. The average Bonchev–Trinajstić information content (AvgIpc) is 2.85. The molecule has 2 aromatic carbocycles. The maximum absolute atomic E-state index is 13.5. The number of benzene rings is 2. The fourth-order valence-electron chi connectivity index (χ4n) is 2.09. The number of ether oxygens (including phenoxy) is 1.